The fraction of sp³-hybridized carbons (Fsp3) is 0.786. The molecule has 0 aliphatic heterocycles. The van der Waals surface area contributed by atoms with Gasteiger partial charge in [0.1, 0.15) is 13.2 Å². The van der Waals surface area contributed by atoms with Crippen LogP contribution in [0.3, 0.4) is 0 Å². The smallest absolute Gasteiger partial charge is 0.361 e. The van der Waals surface area contributed by atoms with Crippen molar-refractivity contribution in [2.75, 3.05) is 47.5 Å². The highest BCUT2D eigenvalue weighted by Gasteiger charge is 2.25. The second-order valence-electron chi connectivity index (χ2n) is 23.4. The molecule has 0 spiro atoms. The zero-order chi connectivity index (χ0) is 57.6. The molecule has 0 bridgehead atoms. The highest BCUT2D eigenvalue weighted by atomic mass is 16.7. The number of esters is 2. The number of aliphatic carboxylic acids is 1. The molecule has 0 aliphatic rings. The van der Waals surface area contributed by atoms with Gasteiger partial charge >= 0.3 is 17.9 Å². The molecular formula is C70H126NO8+. The monoisotopic (exact) mass is 1110 g/mol. The second-order valence-corrected chi connectivity index (χ2v) is 23.4. The first-order valence-electron chi connectivity index (χ1n) is 33.1. The van der Waals surface area contributed by atoms with E-state index in [4.69, 9.17) is 18.9 Å². The molecular weight excluding hydrogens is 983 g/mol. The average molecular weight is 1110 g/mol. The molecule has 0 aromatic heterocycles. The Morgan fingerprint density at radius 3 is 1.08 bits per heavy atom. The van der Waals surface area contributed by atoms with Gasteiger partial charge in [0.2, 0.25) is 0 Å². The average Bonchev–Trinajstić information content (AvgIpc) is 3.42. The third-order valence-corrected chi connectivity index (χ3v) is 14.5. The minimum Gasteiger partial charge on any atom is -0.477 e. The number of quaternary nitrogens is 1. The topological polar surface area (TPSA) is 108 Å². The van der Waals surface area contributed by atoms with Gasteiger partial charge in [-0.1, -0.05) is 292 Å². The SMILES string of the molecule is CC/C=C\C/C=C\C/C=C\C/C=C\C/C=C\C/C=C\CCCCCCCCCCC(=O)OC(COC(=O)CCCCCCCCCCCCCCCCCCCCCCCCCCCCC)COC(OCC[N+](C)(C)C)C(=O)O. The van der Waals surface area contributed by atoms with E-state index in [1.54, 1.807) is 0 Å². The van der Waals surface area contributed by atoms with Crippen molar-refractivity contribution in [3.05, 3.63) is 72.9 Å². The number of carbonyl (C=O) groups is 3. The fourth-order valence-electron chi connectivity index (χ4n) is 9.43. The van der Waals surface area contributed by atoms with Gasteiger partial charge in [0.25, 0.3) is 6.29 Å². The Hall–Kier alpha value is -3.27. The first kappa shape index (κ1) is 75.7. The Labute approximate surface area is 487 Å². The number of rotatable bonds is 61. The number of carboxylic acids is 1. The van der Waals surface area contributed by atoms with Gasteiger partial charge in [-0.15, -0.1) is 0 Å². The van der Waals surface area contributed by atoms with Gasteiger partial charge in [-0.2, -0.15) is 0 Å². The quantitative estimate of drug-likeness (QED) is 0.0211. The van der Waals surface area contributed by atoms with Gasteiger partial charge in [0.05, 0.1) is 34.4 Å². The molecule has 0 fully saturated rings. The lowest BCUT2D eigenvalue weighted by Gasteiger charge is -2.25. The van der Waals surface area contributed by atoms with Crippen LogP contribution in [0.25, 0.3) is 0 Å². The molecule has 2 unspecified atom stereocenters. The van der Waals surface area contributed by atoms with E-state index in [1.807, 2.05) is 21.1 Å². The van der Waals surface area contributed by atoms with Crippen molar-refractivity contribution in [2.45, 2.75) is 309 Å². The second kappa shape index (κ2) is 60.8. The first-order chi connectivity index (χ1) is 38.6. The van der Waals surface area contributed by atoms with E-state index in [0.29, 0.717) is 23.9 Å². The maximum Gasteiger partial charge on any atom is 0.361 e. The van der Waals surface area contributed by atoms with Crippen molar-refractivity contribution in [3.8, 4) is 0 Å². The van der Waals surface area contributed by atoms with Crippen molar-refractivity contribution in [2.24, 2.45) is 0 Å². The molecule has 2 atom stereocenters. The number of carboxylic acid groups (broad SMARTS) is 1. The zero-order valence-electron chi connectivity index (χ0n) is 52.3. The minimum absolute atomic E-state index is 0.184. The molecule has 0 amide bonds. The minimum atomic E-state index is -1.52. The summed E-state index contributed by atoms with van der Waals surface area (Å²) < 4.78 is 23.0. The highest BCUT2D eigenvalue weighted by molar-refractivity contribution is 5.71. The fourth-order valence-corrected chi connectivity index (χ4v) is 9.43. The lowest BCUT2D eigenvalue weighted by Crippen LogP contribution is -2.40. The third-order valence-electron chi connectivity index (χ3n) is 14.5. The van der Waals surface area contributed by atoms with Gasteiger partial charge in [0.15, 0.2) is 6.10 Å². The van der Waals surface area contributed by atoms with Crippen molar-refractivity contribution < 1.29 is 42.9 Å². The summed E-state index contributed by atoms with van der Waals surface area (Å²) in [6, 6.07) is 0. The molecule has 79 heavy (non-hydrogen) atoms. The number of likely N-dealkylation sites (N-methyl/N-ethyl adjacent to an activating group) is 1. The summed E-state index contributed by atoms with van der Waals surface area (Å²) in [5, 5.41) is 9.73. The van der Waals surface area contributed by atoms with E-state index in [-0.39, 0.29) is 32.2 Å². The number of allylic oxidation sites excluding steroid dienone is 12. The molecule has 458 valence electrons. The molecule has 0 aliphatic carbocycles. The van der Waals surface area contributed by atoms with Crippen LogP contribution in [-0.2, 0) is 33.3 Å². The highest BCUT2D eigenvalue weighted by Crippen LogP contribution is 2.18. The predicted molar refractivity (Wildman–Crippen MR) is 336 cm³/mol. The largest absolute Gasteiger partial charge is 0.477 e. The summed E-state index contributed by atoms with van der Waals surface area (Å²) in [7, 11) is 5.97. The lowest BCUT2D eigenvalue weighted by molar-refractivity contribution is -0.870. The van der Waals surface area contributed by atoms with Gasteiger partial charge < -0.3 is 28.5 Å². The lowest BCUT2D eigenvalue weighted by atomic mass is 10.0. The van der Waals surface area contributed by atoms with E-state index < -0.39 is 24.3 Å². The molecule has 0 rings (SSSR count). The molecule has 0 aromatic carbocycles. The van der Waals surface area contributed by atoms with E-state index in [2.05, 4.69) is 86.8 Å². The number of carbonyl (C=O) groups excluding carboxylic acids is 2. The molecule has 9 heteroatoms. The Bertz CT molecular complexity index is 1520. The number of ether oxygens (including phenoxy) is 4. The zero-order valence-corrected chi connectivity index (χ0v) is 52.3. The van der Waals surface area contributed by atoms with Crippen LogP contribution in [0.5, 0.6) is 0 Å². The summed E-state index contributed by atoms with van der Waals surface area (Å²) >= 11 is 0. The van der Waals surface area contributed by atoms with Crippen molar-refractivity contribution in [1.82, 2.24) is 0 Å². The predicted octanol–water partition coefficient (Wildman–Crippen LogP) is 20.1. The van der Waals surface area contributed by atoms with Crippen LogP contribution < -0.4 is 0 Å². The third kappa shape index (κ3) is 62.2. The summed E-state index contributed by atoms with van der Waals surface area (Å²) in [4.78, 5) is 37.6. The normalized spacial score (nSPS) is 13.2. The molecule has 0 heterocycles. The maximum absolute atomic E-state index is 12.9. The summed E-state index contributed by atoms with van der Waals surface area (Å²) in [6.07, 6.45) is 77.1. The number of unbranched alkanes of at least 4 members (excludes halogenated alkanes) is 34. The summed E-state index contributed by atoms with van der Waals surface area (Å²) in [6.45, 7) is 4.79. The van der Waals surface area contributed by atoms with Crippen molar-refractivity contribution >= 4 is 17.9 Å². The van der Waals surface area contributed by atoms with Crippen LogP contribution in [0.15, 0.2) is 72.9 Å². The van der Waals surface area contributed by atoms with E-state index in [1.165, 1.54) is 180 Å². The number of hydrogen-bond donors (Lipinski definition) is 1. The Morgan fingerprint density at radius 1 is 0.392 bits per heavy atom. The standard InChI is InChI=1S/C70H125NO8/c1-6-8-10-12-14-16-18-20-22-24-26-28-30-32-34-36-38-40-42-44-46-48-50-52-54-56-58-60-67(72)77-64-66(65-78-70(69(74)75)76-63-62-71(3,4)5)79-68(73)61-59-57-55-53-51-49-47-45-43-41-39-37-35-33-31-29-27-25-23-21-19-17-15-13-11-9-7-2/h9,11,15,17,21,23,27,29,33,35,39,41,66,70H,6-8,10,12-14,16,18-20,22,24-26,28,30-32,34,36-38,40,42-65H2,1-5H3/p+1/b11-9-,17-15-,23-21-,29-27-,35-33-,41-39-. The molecule has 9 nitrogen and oxygen atoms in total. The van der Waals surface area contributed by atoms with Gasteiger partial charge in [-0.05, 0) is 64.2 Å². The van der Waals surface area contributed by atoms with E-state index >= 15 is 0 Å². The van der Waals surface area contributed by atoms with Crippen LogP contribution in [0.1, 0.15) is 296 Å². The Balaban J connectivity index is 4.17. The molecule has 1 N–H and O–H groups in total. The first-order valence-corrected chi connectivity index (χ1v) is 33.1. The van der Waals surface area contributed by atoms with Crippen LogP contribution in [0.2, 0.25) is 0 Å². The van der Waals surface area contributed by atoms with Gasteiger partial charge in [-0.3, -0.25) is 9.59 Å². The Morgan fingerprint density at radius 2 is 0.722 bits per heavy atom. The van der Waals surface area contributed by atoms with E-state index in [9.17, 15) is 19.5 Å². The van der Waals surface area contributed by atoms with Crippen LogP contribution in [-0.4, -0.2) is 87.4 Å². The number of nitrogens with zero attached hydrogens (tertiary/aromatic N) is 1. The summed E-state index contributed by atoms with van der Waals surface area (Å²) in [5.41, 5.74) is 0. The Kier molecular flexibility index (Phi) is 58.3. The molecule has 0 saturated carbocycles. The van der Waals surface area contributed by atoms with Crippen molar-refractivity contribution in [1.29, 1.82) is 0 Å². The maximum atomic E-state index is 12.9. The summed E-state index contributed by atoms with van der Waals surface area (Å²) in [5.74, 6) is -2.00. The number of hydrogen-bond acceptors (Lipinski definition) is 7. The van der Waals surface area contributed by atoms with E-state index in [0.717, 1.165) is 83.5 Å². The molecule has 0 radical (unpaired) electrons. The van der Waals surface area contributed by atoms with Crippen molar-refractivity contribution in [3.63, 3.8) is 0 Å². The van der Waals surface area contributed by atoms with Gasteiger partial charge in [-0.25, -0.2) is 4.79 Å². The van der Waals surface area contributed by atoms with Crippen LogP contribution >= 0.6 is 0 Å². The molecule has 0 saturated heterocycles. The van der Waals surface area contributed by atoms with Crippen LogP contribution in [0, 0.1) is 0 Å². The van der Waals surface area contributed by atoms with Crippen LogP contribution in [0.4, 0.5) is 0 Å². The van der Waals surface area contributed by atoms with Gasteiger partial charge in [0, 0.05) is 12.8 Å². The molecule has 0 aromatic rings.